The molecule has 0 bridgehead atoms. The van der Waals surface area contributed by atoms with Gasteiger partial charge in [-0.15, -0.1) is 0 Å². The minimum atomic E-state index is -0.506. The van der Waals surface area contributed by atoms with E-state index >= 15 is 0 Å². The van der Waals surface area contributed by atoms with E-state index in [2.05, 4.69) is 10.0 Å². The van der Waals surface area contributed by atoms with Crippen molar-refractivity contribution in [1.82, 2.24) is 4.90 Å². The number of likely N-dealkylation sites (tertiary alicyclic amines) is 1. The molecule has 1 amide bonds. The van der Waals surface area contributed by atoms with E-state index in [0.29, 0.717) is 31.7 Å². The van der Waals surface area contributed by atoms with Gasteiger partial charge in [-0.3, -0.25) is 4.79 Å². The molecule has 106 valence electrons. The number of azide groups is 1. The van der Waals surface area contributed by atoms with Crippen molar-refractivity contribution in [3.8, 4) is 5.75 Å². The van der Waals surface area contributed by atoms with E-state index < -0.39 is 6.10 Å². The lowest BCUT2D eigenvalue weighted by molar-refractivity contribution is -0.139. The summed E-state index contributed by atoms with van der Waals surface area (Å²) in [7, 11) is 0. The molecule has 6 heteroatoms. The van der Waals surface area contributed by atoms with Gasteiger partial charge in [-0.2, -0.15) is 0 Å². The molecule has 1 aromatic carbocycles. The normalized spacial score (nSPS) is 17.1. The van der Waals surface area contributed by atoms with Gasteiger partial charge in [-0.25, -0.2) is 0 Å². The molecular formula is C14H18N4O2. The van der Waals surface area contributed by atoms with Crippen LogP contribution in [0.2, 0.25) is 0 Å². The molecule has 2 rings (SSSR count). The summed E-state index contributed by atoms with van der Waals surface area (Å²) in [5.41, 5.74) is 8.40. The van der Waals surface area contributed by atoms with Crippen molar-refractivity contribution >= 4 is 5.91 Å². The molecule has 0 aliphatic carbocycles. The summed E-state index contributed by atoms with van der Waals surface area (Å²) in [6.07, 6.45) is 0.926. The predicted molar refractivity (Wildman–Crippen MR) is 75.3 cm³/mol. The Bertz CT molecular complexity index is 491. The highest BCUT2D eigenvalue weighted by atomic mass is 16.5. The Morgan fingerprint density at radius 1 is 1.40 bits per heavy atom. The molecule has 1 aliphatic rings. The average Bonchev–Trinajstić information content (AvgIpc) is 2.48. The highest BCUT2D eigenvalue weighted by Gasteiger charge is 2.26. The summed E-state index contributed by atoms with van der Waals surface area (Å²) < 4.78 is 5.63. The van der Waals surface area contributed by atoms with Crippen LogP contribution in [0.3, 0.4) is 0 Å². The molecule has 1 saturated heterocycles. The van der Waals surface area contributed by atoms with Crippen molar-refractivity contribution in [1.29, 1.82) is 0 Å². The van der Waals surface area contributed by atoms with Crippen LogP contribution in [0.4, 0.5) is 0 Å². The molecule has 0 aromatic heterocycles. The first-order valence-corrected chi connectivity index (χ1v) is 6.75. The summed E-state index contributed by atoms with van der Waals surface area (Å²) in [5, 5.41) is 3.70. The maximum atomic E-state index is 12.3. The van der Waals surface area contributed by atoms with Gasteiger partial charge < -0.3 is 9.64 Å². The standard InChI is InChI=1S/C14H18N4O2/c1-11(20-13-5-3-2-4-6-13)14(19)18-9-7-12(8-10-18)16-17-15/h2-6,11-12H,7-10H2,1H3. The number of benzene rings is 1. The molecule has 1 fully saturated rings. The molecule has 0 saturated carbocycles. The van der Waals surface area contributed by atoms with Crippen LogP contribution in [-0.4, -0.2) is 36.0 Å². The first-order chi connectivity index (χ1) is 9.70. The molecule has 1 aliphatic heterocycles. The summed E-state index contributed by atoms with van der Waals surface area (Å²) in [6.45, 7) is 2.99. The van der Waals surface area contributed by atoms with Crippen LogP contribution >= 0.6 is 0 Å². The van der Waals surface area contributed by atoms with Crippen LogP contribution in [0.15, 0.2) is 35.4 Å². The highest BCUT2D eigenvalue weighted by Crippen LogP contribution is 2.17. The smallest absolute Gasteiger partial charge is 0.263 e. The van der Waals surface area contributed by atoms with Gasteiger partial charge in [0.25, 0.3) is 5.91 Å². The number of carbonyl (C=O) groups excluding carboxylic acids is 1. The van der Waals surface area contributed by atoms with Gasteiger partial charge in [0.2, 0.25) is 0 Å². The van der Waals surface area contributed by atoms with E-state index in [0.717, 1.165) is 0 Å². The number of para-hydroxylation sites is 1. The molecular weight excluding hydrogens is 256 g/mol. The third-order valence-electron chi connectivity index (χ3n) is 3.39. The number of amides is 1. The minimum Gasteiger partial charge on any atom is -0.481 e. The summed E-state index contributed by atoms with van der Waals surface area (Å²) >= 11 is 0. The van der Waals surface area contributed by atoms with Gasteiger partial charge in [0.15, 0.2) is 6.10 Å². The van der Waals surface area contributed by atoms with E-state index in [-0.39, 0.29) is 11.9 Å². The fraction of sp³-hybridized carbons (Fsp3) is 0.500. The molecule has 0 radical (unpaired) electrons. The monoisotopic (exact) mass is 274 g/mol. The van der Waals surface area contributed by atoms with E-state index in [1.165, 1.54) is 0 Å². The molecule has 20 heavy (non-hydrogen) atoms. The summed E-state index contributed by atoms with van der Waals surface area (Å²) in [5.74, 6) is 0.672. The number of rotatable bonds is 4. The van der Waals surface area contributed by atoms with Crippen molar-refractivity contribution in [2.45, 2.75) is 31.9 Å². The molecule has 1 unspecified atom stereocenters. The maximum Gasteiger partial charge on any atom is 0.263 e. The fourth-order valence-corrected chi connectivity index (χ4v) is 2.29. The Hall–Kier alpha value is -2.20. The van der Waals surface area contributed by atoms with Gasteiger partial charge in [-0.05, 0) is 37.4 Å². The van der Waals surface area contributed by atoms with Crippen molar-refractivity contribution in [2.75, 3.05) is 13.1 Å². The van der Waals surface area contributed by atoms with E-state index in [1.807, 2.05) is 30.3 Å². The third-order valence-corrected chi connectivity index (χ3v) is 3.39. The van der Waals surface area contributed by atoms with Gasteiger partial charge in [0.1, 0.15) is 5.75 Å². The van der Waals surface area contributed by atoms with Crippen LogP contribution in [0.1, 0.15) is 19.8 Å². The van der Waals surface area contributed by atoms with Gasteiger partial charge in [0.05, 0.1) is 0 Å². The zero-order valence-corrected chi connectivity index (χ0v) is 11.5. The first-order valence-electron chi connectivity index (χ1n) is 6.75. The van der Waals surface area contributed by atoms with Crippen LogP contribution in [0.5, 0.6) is 5.75 Å². The summed E-state index contributed by atoms with van der Waals surface area (Å²) in [4.78, 5) is 16.9. The van der Waals surface area contributed by atoms with Gasteiger partial charge >= 0.3 is 0 Å². The SMILES string of the molecule is CC(Oc1ccccc1)C(=O)N1CCC(N=[N+]=[N-])CC1. The Labute approximate surface area is 118 Å². The van der Waals surface area contributed by atoms with Crippen molar-refractivity contribution in [3.05, 3.63) is 40.8 Å². The maximum absolute atomic E-state index is 12.3. The van der Waals surface area contributed by atoms with Crippen LogP contribution in [-0.2, 0) is 4.79 Å². The largest absolute Gasteiger partial charge is 0.481 e. The zero-order chi connectivity index (χ0) is 14.4. The predicted octanol–water partition coefficient (Wildman–Crippen LogP) is 2.76. The lowest BCUT2D eigenvalue weighted by Gasteiger charge is -2.31. The fourth-order valence-electron chi connectivity index (χ4n) is 2.29. The minimum absolute atomic E-state index is 0.00870. The second-order valence-electron chi connectivity index (χ2n) is 4.83. The summed E-state index contributed by atoms with van der Waals surface area (Å²) in [6, 6.07) is 9.32. The Balaban J connectivity index is 1.87. The van der Waals surface area contributed by atoms with Crippen LogP contribution < -0.4 is 4.74 Å². The van der Waals surface area contributed by atoms with E-state index in [9.17, 15) is 4.79 Å². The van der Waals surface area contributed by atoms with E-state index in [1.54, 1.807) is 11.8 Å². The number of carbonyl (C=O) groups is 1. The molecule has 1 heterocycles. The number of piperidine rings is 1. The third kappa shape index (κ3) is 3.65. The average molecular weight is 274 g/mol. The highest BCUT2D eigenvalue weighted by molar-refractivity contribution is 5.81. The molecule has 0 N–H and O–H groups in total. The lowest BCUT2D eigenvalue weighted by Crippen LogP contribution is -2.45. The Kier molecular flexibility index (Phi) is 4.85. The molecule has 1 atom stereocenters. The quantitative estimate of drug-likeness (QED) is 0.480. The molecule has 6 nitrogen and oxygen atoms in total. The first kappa shape index (κ1) is 14.2. The second-order valence-corrected chi connectivity index (χ2v) is 4.83. The number of ether oxygens (including phenoxy) is 1. The van der Waals surface area contributed by atoms with Crippen molar-refractivity contribution in [3.63, 3.8) is 0 Å². The van der Waals surface area contributed by atoms with Crippen molar-refractivity contribution < 1.29 is 9.53 Å². The van der Waals surface area contributed by atoms with Crippen LogP contribution in [0, 0.1) is 0 Å². The zero-order valence-electron chi connectivity index (χ0n) is 11.5. The van der Waals surface area contributed by atoms with E-state index in [4.69, 9.17) is 10.3 Å². The van der Waals surface area contributed by atoms with Crippen molar-refractivity contribution in [2.24, 2.45) is 5.11 Å². The lowest BCUT2D eigenvalue weighted by atomic mass is 10.1. The molecule has 0 spiro atoms. The van der Waals surface area contributed by atoms with Gasteiger partial charge in [0, 0.05) is 24.0 Å². The molecule has 1 aromatic rings. The number of hydrogen-bond acceptors (Lipinski definition) is 3. The number of nitrogens with zero attached hydrogens (tertiary/aromatic N) is 4. The number of hydrogen-bond donors (Lipinski definition) is 0. The second kappa shape index (κ2) is 6.82. The van der Waals surface area contributed by atoms with Crippen LogP contribution in [0.25, 0.3) is 10.4 Å². The Morgan fingerprint density at radius 2 is 2.05 bits per heavy atom. The van der Waals surface area contributed by atoms with Gasteiger partial charge in [-0.1, -0.05) is 23.3 Å². The Morgan fingerprint density at radius 3 is 2.65 bits per heavy atom. The topological polar surface area (TPSA) is 78.3 Å².